The molecule has 0 aliphatic carbocycles. The second-order valence-corrected chi connectivity index (χ2v) is 10.1. The summed E-state index contributed by atoms with van der Waals surface area (Å²) in [5.74, 6) is -0.0565. The molecule has 2 aromatic carbocycles. The van der Waals surface area contributed by atoms with Crippen LogP contribution in [0, 0.1) is 0 Å². The van der Waals surface area contributed by atoms with Crippen LogP contribution >= 0.6 is 11.6 Å². The molecule has 8 nitrogen and oxygen atoms in total. The van der Waals surface area contributed by atoms with E-state index in [1.807, 2.05) is 35.8 Å². The lowest BCUT2D eigenvalue weighted by atomic mass is 10.2. The van der Waals surface area contributed by atoms with Gasteiger partial charge in [0.2, 0.25) is 10.0 Å². The molecule has 10 heteroatoms. The molecule has 0 saturated carbocycles. The first-order chi connectivity index (χ1) is 15.2. The third kappa shape index (κ3) is 3.87. The molecule has 0 atom stereocenters. The van der Waals surface area contributed by atoms with Gasteiger partial charge in [-0.15, -0.1) is 0 Å². The average Bonchev–Trinajstić information content (AvgIpc) is 3.29. The topological polar surface area (TPSA) is 97.3 Å². The van der Waals surface area contributed by atoms with Crippen molar-refractivity contribution in [1.29, 1.82) is 0 Å². The van der Waals surface area contributed by atoms with Crippen molar-refractivity contribution in [2.75, 3.05) is 14.1 Å². The molecule has 168 valence electrons. The van der Waals surface area contributed by atoms with Crippen LogP contribution < -0.4 is 0 Å². The predicted molar refractivity (Wildman–Crippen MR) is 123 cm³/mol. The quantitative estimate of drug-likeness (QED) is 0.405. The zero-order valence-electron chi connectivity index (χ0n) is 17.9. The Bertz CT molecular complexity index is 1420. The van der Waals surface area contributed by atoms with Crippen LogP contribution in [0.5, 0.6) is 0 Å². The first kappa shape index (κ1) is 22.3. The molecule has 0 fully saturated rings. The molecule has 0 unspecified atom stereocenters. The fraction of sp³-hybridized carbons (Fsp3) is 0.273. The standard InChI is InChI=1S/C22H23ClN4O4S/c1-4-11-27-18-10-9-14(32(29,30)26(2)3)12-17(18)24-19(27)13-31-22(28)21-20(23)15-7-5-6-8-16(15)25-21/h5-10,12,25H,4,11,13H2,1-3H3. The maximum atomic E-state index is 12.7. The summed E-state index contributed by atoms with van der Waals surface area (Å²) >= 11 is 6.35. The Labute approximate surface area is 190 Å². The van der Waals surface area contributed by atoms with Crippen LogP contribution in [0.25, 0.3) is 21.9 Å². The first-order valence-corrected chi connectivity index (χ1v) is 11.9. The number of nitrogens with one attached hydrogen (secondary N) is 1. The van der Waals surface area contributed by atoms with Crippen molar-refractivity contribution in [1.82, 2.24) is 18.8 Å². The molecular formula is C22H23ClN4O4S. The van der Waals surface area contributed by atoms with Gasteiger partial charge in [-0.3, -0.25) is 0 Å². The number of rotatable bonds is 7. The highest BCUT2D eigenvalue weighted by Crippen LogP contribution is 2.28. The maximum Gasteiger partial charge on any atom is 0.356 e. The van der Waals surface area contributed by atoms with Gasteiger partial charge < -0.3 is 14.3 Å². The van der Waals surface area contributed by atoms with Crippen LogP contribution in [0.4, 0.5) is 0 Å². The Morgan fingerprint density at radius 1 is 1.22 bits per heavy atom. The van der Waals surface area contributed by atoms with E-state index in [0.29, 0.717) is 22.9 Å². The minimum absolute atomic E-state index is 0.0744. The van der Waals surface area contributed by atoms with Gasteiger partial charge in [-0.25, -0.2) is 22.5 Å². The number of aromatic nitrogens is 3. The van der Waals surface area contributed by atoms with Gasteiger partial charge in [-0.1, -0.05) is 36.7 Å². The van der Waals surface area contributed by atoms with E-state index < -0.39 is 16.0 Å². The number of aromatic amines is 1. The highest BCUT2D eigenvalue weighted by molar-refractivity contribution is 7.89. The molecule has 0 radical (unpaired) electrons. The van der Waals surface area contributed by atoms with E-state index in [2.05, 4.69) is 9.97 Å². The van der Waals surface area contributed by atoms with E-state index in [1.165, 1.54) is 20.2 Å². The lowest BCUT2D eigenvalue weighted by Crippen LogP contribution is -2.22. The number of sulfonamides is 1. The van der Waals surface area contributed by atoms with Gasteiger partial charge in [0, 0.05) is 31.5 Å². The molecule has 0 spiro atoms. The maximum absolute atomic E-state index is 12.7. The molecule has 2 aromatic heterocycles. The number of halogens is 1. The van der Waals surface area contributed by atoms with Crippen LogP contribution in [0.3, 0.4) is 0 Å². The Morgan fingerprint density at radius 3 is 2.66 bits per heavy atom. The summed E-state index contributed by atoms with van der Waals surface area (Å²) in [4.78, 5) is 20.4. The fourth-order valence-electron chi connectivity index (χ4n) is 3.56. The van der Waals surface area contributed by atoms with Crippen LogP contribution in [0.15, 0.2) is 47.4 Å². The van der Waals surface area contributed by atoms with Crippen LogP contribution in [0.1, 0.15) is 29.7 Å². The number of nitrogens with zero attached hydrogens (tertiary/aromatic N) is 3. The third-order valence-electron chi connectivity index (χ3n) is 5.20. The largest absolute Gasteiger partial charge is 0.453 e. The highest BCUT2D eigenvalue weighted by Gasteiger charge is 2.21. The Hall–Kier alpha value is -2.88. The highest BCUT2D eigenvalue weighted by atomic mass is 35.5. The number of H-pyrrole nitrogens is 1. The number of para-hydroxylation sites is 1. The average molecular weight is 475 g/mol. The molecule has 0 amide bonds. The number of benzene rings is 2. The Balaban J connectivity index is 1.65. The SMILES string of the molecule is CCCn1c(COC(=O)c2[nH]c3ccccc3c2Cl)nc2cc(S(=O)(=O)N(C)C)ccc21. The molecule has 32 heavy (non-hydrogen) atoms. The Kier molecular flexibility index (Phi) is 5.98. The van der Waals surface area contributed by atoms with Crippen LogP contribution in [0.2, 0.25) is 5.02 Å². The lowest BCUT2D eigenvalue weighted by molar-refractivity contribution is 0.0453. The molecule has 0 aliphatic rings. The predicted octanol–water partition coefficient (Wildman–Crippen LogP) is 4.19. The second-order valence-electron chi connectivity index (χ2n) is 7.55. The summed E-state index contributed by atoms with van der Waals surface area (Å²) in [6.45, 7) is 2.60. The molecule has 4 aromatic rings. The summed E-state index contributed by atoms with van der Waals surface area (Å²) in [5.41, 5.74) is 2.23. The third-order valence-corrected chi connectivity index (χ3v) is 7.41. The zero-order chi connectivity index (χ0) is 23.0. The number of esters is 1. The summed E-state index contributed by atoms with van der Waals surface area (Å²) in [7, 11) is -0.621. The number of carbonyl (C=O) groups excluding carboxylic acids is 1. The van der Waals surface area contributed by atoms with Crippen LogP contribution in [-0.2, 0) is 27.9 Å². The van der Waals surface area contributed by atoms with Crippen molar-refractivity contribution >= 4 is 49.5 Å². The van der Waals surface area contributed by atoms with Crippen molar-refractivity contribution in [3.63, 3.8) is 0 Å². The number of fused-ring (bicyclic) bond motifs is 2. The van der Waals surface area contributed by atoms with Crippen molar-refractivity contribution in [2.45, 2.75) is 31.4 Å². The van der Waals surface area contributed by atoms with E-state index in [0.717, 1.165) is 27.1 Å². The molecule has 0 saturated heterocycles. The van der Waals surface area contributed by atoms with Crippen molar-refractivity contribution in [3.05, 3.63) is 59.0 Å². The number of imidazole rings is 1. The van der Waals surface area contributed by atoms with Gasteiger partial charge in [0.1, 0.15) is 18.1 Å². The summed E-state index contributed by atoms with van der Waals surface area (Å²) < 4.78 is 33.6. The van der Waals surface area contributed by atoms with Gasteiger partial charge in [0.25, 0.3) is 0 Å². The van der Waals surface area contributed by atoms with E-state index in [9.17, 15) is 13.2 Å². The molecule has 2 heterocycles. The molecule has 0 aliphatic heterocycles. The summed E-state index contributed by atoms with van der Waals surface area (Å²) in [5, 5.41) is 1.06. The fourth-order valence-corrected chi connectivity index (χ4v) is 4.78. The molecule has 4 rings (SSSR count). The smallest absolute Gasteiger partial charge is 0.356 e. The zero-order valence-corrected chi connectivity index (χ0v) is 19.5. The van der Waals surface area contributed by atoms with E-state index in [4.69, 9.17) is 16.3 Å². The molecular weight excluding hydrogens is 452 g/mol. The Morgan fingerprint density at radius 2 is 1.97 bits per heavy atom. The normalized spacial score (nSPS) is 12.2. The lowest BCUT2D eigenvalue weighted by Gasteiger charge is -2.11. The molecule has 0 bridgehead atoms. The number of carbonyl (C=O) groups is 1. The van der Waals surface area contributed by atoms with Crippen molar-refractivity contribution in [2.24, 2.45) is 0 Å². The minimum atomic E-state index is -3.58. The van der Waals surface area contributed by atoms with Gasteiger partial charge in [0.05, 0.1) is 21.0 Å². The monoisotopic (exact) mass is 474 g/mol. The number of ether oxygens (including phenoxy) is 1. The second kappa shape index (κ2) is 8.57. The summed E-state index contributed by atoms with van der Waals surface area (Å²) in [6, 6.07) is 12.2. The molecule has 1 N–H and O–H groups in total. The number of aryl methyl sites for hydroxylation is 1. The van der Waals surface area contributed by atoms with Gasteiger partial charge in [0.15, 0.2) is 0 Å². The van der Waals surface area contributed by atoms with Gasteiger partial charge in [-0.2, -0.15) is 0 Å². The van der Waals surface area contributed by atoms with Gasteiger partial charge >= 0.3 is 5.97 Å². The van der Waals surface area contributed by atoms with Gasteiger partial charge in [-0.05, 0) is 30.7 Å². The van der Waals surface area contributed by atoms with Crippen molar-refractivity contribution in [3.8, 4) is 0 Å². The summed E-state index contributed by atoms with van der Waals surface area (Å²) in [6.07, 6.45) is 0.831. The van der Waals surface area contributed by atoms with E-state index in [-0.39, 0.29) is 17.2 Å². The minimum Gasteiger partial charge on any atom is -0.453 e. The van der Waals surface area contributed by atoms with E-state index in [1.54, 1.807) is 12.1 Å². The van der Waals surface area contributed by atoms with Crippen LogP contribution in [-0.4, -0.2) is 47.3 Å². The number of hydrogen-bond donors (Lipinski definition) is 1. The first-order valence-electron chi connectivity index (χ1n) is 10.1. The number of hydrogen-bond acceptors (Lipinski definition) is 5. The van der Waals surface area contributed by atoms with Crippen molar-refractivity contribution < 1.29 is 17.9 Å². The van der Waals surface area contributed by atoms with E-state index >= 15 is 0 Å².